The quantitative estimate of drug-likeness (QED) is 0.358. The summed E-state index contributed by atoms with van der Waals surface area (Å²) >= 11 is 0. The van der Waals surface area contributed by atoms with E-state index in [9.17, 15) is 0 Å². The first-order chi connectivity index (χ1) is 9.24. The molecule has 0 radical (unpaired) electrons. The van der Waals surface area contributed by atoms with Crippen molar-refractivity contribution >= 4 is 0 Å². The van der Waals surface area contributed by atoms with Crippen LogP contribution >= 0.6 is 0 Å². The largest absolute Gasteiger partial charge is 0.384 e. The van der Waals surface area contributed by atoms with Gasteiger partial charge in [0, 0.05) is 7.11 Å². The van der Waals surface area contributed by atoms with E-state index >= 15 is 0 Å². The maximum absolute atomic E-state index is 5.55. The van der Waals surface area contributed by atoms with E-state index in [1.54, 1.807) is 25.3 Å². The molecule has 0 bridgehead atoms. The summed E-state index contributed by atoms with van der Waals surface area (Å²) in [5.74, 6) is 0. The van der Waals surface area contributed by atoms with Crippen LogP contribution in [0.25, 0.3) is 0 Å². The van der Waals surface area contributed by atoms with Gasteiger partial charge in [-0.1, -0.05) is 18.2 Å². The number of hydrogen-bond acceptors (Lipinski definition) is 4. The number of rotatable bonds is 14. The van der Waals surface area contributed by atoms with E-state index in [4.69, 9.17) is 18.9 Å². The highest BCUT2D eigenvalue weighted by Crippen LogP contribution is 2.20. The second-order valence-electron chi connectivity index (χ2n) is 4.34. The maximum Gasteiger partial charge on any atom is 0.0645 e. The van der Waals surface area contributed by atoms with Gasteiger partial charge in [0.15, 0.2) is 0 Å². The molecule has 0 aromatic heterocycles. The van der Waals surface area contributed by atoms with Crippen LogP contribution < -0.4 is 0 Å². The average Bonchev–Trinajstić information content (AvgIpc) is 2.40. The van der Waals surface area contributed by atoms with Gasteiger partial charge in [0.2, 0.25) is 0 Å². The summed E-state index contributed by atoms with van der Waals surface area (Å²) < 4.78 is 21.9. The lowest BCUT2D eigenvalue weighted by Gasteiger charge is -2.32. The van der Waals surface area contributed by atoms with Gasteiger partial charge >= 0.3 is 0 Å². The molecule has 0 atom stereocenters. The monoisotopic (exact) mass is 270 g/mol. The van der Waals surface area contributed by atoms with Crippen molar-refractivity contribution < 1.29 is 18.9 Å². The smallest absolute Gasteiger partial charge is 0.0645 e. The van der Waals surface area contributed by atoms with E-state index < -0.39 is 0 Å². The Morgan fingerprint density at radius 3 is 1.37 bits per heavy atom. The standard InChI is InChI=1S/C15H26O4/c1-5-8-17-12-15(11-16-4,13-18-9-6-2)14-19-10-7-3/h5-7H,1-3,8-14H2,4H3. The van der Waals surface area contributed by atoms with Crippen molar-refractivity contribution in [3.8, 4) is 0 Å². The lowest BCUT2D eigenvalue weighted by molar-refractivity contribution is -0.0900. The summed E-state index contributed by atoms with van der Waals surface area (Å²) in [6.07, 6.45) is 5.15. The Balaban J connectivity index is 4.49. The van der Waals surface area contributed by atoms with Gasteiger partial charge in [-0.2, -0.15) is 0 Å². The van der Waals surface area contributed by atoms with Crippen LogP contribution in [0.4, 0.5) is 0 Å². The fourth-order valence-electron chi connectivity index (χ4n) is 1.63. The lowest BCUT2D eigenvalue weighted by atomic mass is 9.92. The highest BCUT2D eigenvalue weighted by atomic mass is 16.5. The predicted molar refractivity (Wildman–Crippen MR) is 77.4 cm³/mol. The number of methoxy groups -OCH3 is 1. The second kappa shape index (κ2) is 12.1. The summed E-state index contributed by atoms with van der Waals surface area (Å²) in [6, 6.07) is 0. The molecule has 0 aliphatic carbocycles. The molecule has 4 nitrogen and oxygen atoms in total. The van der Waals surface area contributed by atoms with Crippen LogP contribution in [0.5, 0.6) is 0 Å². The highest BCUT2D eigenvalue weighted by Gasteiger charge is 2.31. The van der Waals surface area contributed by atoms with E-state index in [0.717, 1.165) is 0 Å². The molecule has 0 unspecified atom stereocenters. The van der Waals surface area contributed by atoms with Crippen molar-refractivity contribution in [3.05, 3.63) is 38.0 Å². The summed E-state index contributed by atoms with van der Waals surface area (Å²) in [7, 11) is 1.66. The molecule has 0 aliphatic rings. The zero-order chi connectivity index (χ0) is 14.4. The SMILES string of the molecule is C=CCOCC(COC)(COCC=C)COCC=C. The van der Waals surface area contributed by atoms with Gasteiger partial charge in [-0.05, 0) is 0 Å². The van der Waals surface area contributed by atoms with Crippen LogP contribution in [0.1, 0.15) is 0 Å². The molecule has 0 saturated carbocycles. The molecule has 0 rings (SSSR count). The van der Waals surface area contributed by atoms with Crippen molar-refractivity contribution in [2.45, 2.75) is 0 Å². The molecule has 0 fully saturated rings. The Morgan fingerprint density at radius 1 is 0.737 bits per heavy atom. The first-order valence-electron chi connectivity index (χ1n) is 6.29. The zero-order valence-electron chi connectivity index (χ0n) is 11.9. The molecule has 0 aromatic rings. The summed E-state index contributed by atoms with van der Waals surface area (Å²) in [6.45, 7) is 14.3. The maximum atomic E-state index is 5.55. The van der Waals surface area contributed by atoms with E-state index in [1.807, 2.05) is 0 Å². The normalized spacial score (nSPS) is 11.2. The van der Waals surface area contributed by atoms with Crippen molar-refractivity contribution in [2.75, 3.05) is 53.4 Å². The highest BCUT2D eigenvalue weighted by molar-refractivity contribution is 4.81. The van der Waals surface area contributed by atoms with E-state index in [-0.39, 0.29) is 5.41 Å². The minimum absolute atomic E-state index is 0.330. The van der Waals surface area contributed by atoms with Gasteiger partial charge < -0.3 is 18.9 Å². The predicted octanol–water partition coefficient (Wildman–Crippen LogP) is 2.23. The average molecular weight is 270 g/mol. The summed E-state index contributed by atoms with van der Waals surface area (Å²) in [5, 5.41) is 0. The first kappa shape index (κ1) is 18.1. The van der Waals surface area contributed by atoms with Crippen molar-refractivity contribution in [3.63, 3.8) is 0 Å². The first-order valence-corrected chi connectivity index (χ1v) is 6.29. The molecule has 0 amide bonds. The van der Waals surface area contributed by atoms with Gasteiger partial charge in [0.1, 0.15) is 0 Å². The molecule has 0 spiro atoms. The van der Waals surface area contributed by atoms with Gasteiger partial charge in [-0.3, -0.25) is 0 Å². The van der Waals surface area contributed by atoms with Gasteiger partial charge in [-0.25, -0.2) is 0 Å². The number of hydrogen-bond donors (Lipinski definition) is 0. The third-order valence-electron chi connectivity index (χ3n) is 2.38. The molecule has 0 heterocycles. The Kier molecular flexibility index (Phi) is 11.5. The van der Waals surface area contributed by atoms with Gasteiger partial charge in [-0.15, -0.1) is 19.7 Å². The molecule has 0 N–H and O–H groups in total. The minimum Gasteiger partial charge on any atom is -0.384 e. The van der Waals surface area contributed by atoms with E-state index in [2.05, 4.69) is 19.7 Å². The minimum atomic E-state index is -0.330. The Morgan fingerprint density at radius 2 is 1.11 bits per heavy atom. The van der Waals surface area contributed by atoms with Crippen LogP contribution in [-0.2, 0) is 18.9 Å². The van der Waals surface area contributed by atoms with Crippen LogP contribution in [0, 0.1) is 5.41 Å². The summed E-state index contributed by atoms with van der Waals surface area (Å²) in [5.41, 5.74) is -0.330. The van der Waals surface area contributed by atoms with E-state index in [1.165, 1.54) is 0 Å². The fourth-order valence-corrected chi connectivity index (χ4v) is 1.63. The van der Waals surface area contributed by atoms with Crippen LogP contribution in [0.15, 0.2) is 38.0 Å². The molecular weight excluding hydrogens is 244 g/mol. The zero-order valence-corrected chi connectivity index (χ0v) is 11.9. The number of ether oxygens (including phenoxy) is 4. The molecular formula is C15H26O4. The van der Waals surface area contributed by atoms with Crippen molar-refractivity contribution in [1.82, 2.24) is 0 Å². The third kappa shape index (κ3) is 8.72. The molecule has 0 aromatic carbocycles. The van der Waals surface area contributed by atoms with Crippen molar-refractivity contribution in [1.29, 1.82) is 0 Å². The topological polar surface area (TPSA) is 36.9 Å². The summed E-state index contributed by atoms with van der Waals surface area (Å²) in [4.78, 5) is 0. The van der Waals surface area contributed by atoms with Gasteiger partial charge in [0.05, 0.1) is 51.7 Å². The Hall–Kier alpha value is -0.940. The van der Waals surface area contributed by atoms with Crippen molar-refractivity contribution in [2.24, 2.45) is 5.41 Å². The Labute approximate surface area is 116 Å². The Bertz CT molecular complexity index is 214. The lowest BCUT2D eigenvalue weighted by Crippen LogP contribution is -2.41. The van der Waals surface area contributed by atoms with Crippen LogP contribution in [0.2, 0.25) is 0 Å². The van der Waals surface area contributed by atoms with E-state index in [0.29, 0.717) is 46.2 Å². The van der Waals surface area contributed by atoms with Crippen LogP contribution in [-0.4, -0.2) is 53.4 Å². The van der Waals surface area contributed by atoms with Crippen LogP contribution in [0.3, 0.4) is 0 Å². The molecule has 110 valence electrons. The van der Waals surface area contributed by atoms with Gasteiger partial charge in [0.25, 0.3) is 0 Å². The third-order valence-corrected chi connectivity index (χ3v) is 2.38. The molecule has 19 heavy (non-hydrogen) atoms. The molecule has 0 aliphatic heterocycles. The molecule has 4 heteroatoms. The fraction of sp³-hybridized carbons (Fsp3) is 0.600. The molecule has 0 saturated heterocycles. The second-order valence-corrected chi connectivity index (χ2v) is 4.34.